The molecular weight excluding hydrogens is 568 g/mol. The van der Waals surface area contributed by atoms with Crippen LogP contribution < -0.4 is 4.74 Å². The molecule has 0 bridgehead atoms. The first-order chi connectivity index (χ1) is 20.3. The first-order valence-electron chi connectivity index (χ1n) is 14.9. The zero-order valence-electron chi connectivity index (χ0n) is 25.9. The summed E-state index contributed by atoms with van der Waals surface area (Å²) in [5, 5.41) is 0.453. The number of likely N-dealkylation sites (tertiary alicyclic amines) is 1. The van der Waals surface area contributed by atoms with E-state index in [1.54, 1.807) is 30.0 Å². The second kappa shape index (κ2) is 12.0. The average Bonchev–Trinajstić information content (AvgIpc) is 3.64. The molecule has 0 unspecified atom stereocenters. The number of carbonyl (C=O) groups excluding carboxylic acids is 2. The van der Waals surface area contributed by atoms with Crippen LogP contribution in [-0.4, -0.2) is 67.3 Å². The van der Waals surface area contributed by atoms with E-state index in [0.29, 0.717) is 43.2 Å². The van der Waals surface area contributed by atoms with Crippen LogP contribution in [0.4, 0.5) is 4.79 Å². The van der Waals surface area contributed by atoms with Gasteiger partial charge in [0, 0.05) is 36.3 Å². The number of hydrogen-bond donors (Lipinski definition) is 0. The molecular formula is C33H42N2O7S. The minimum absolute atomic E-state index is 0.201. The Kier molecular flexibility index (Phi) is 8.64. The molecule has 2 atom stereocenters. The van der Waals surface area contributed by atoms with Gasteiger partial charge in [-0.3, -0.25) is 9.47 Å². The Labute approximate surface area is 254 Å². The molecule has 2 aliphatic rings. The lowest BCUT2D eigenvalue weighted by Gasteiger charge is -2.40. The van der Waals surface area contributed by atoms with Gasteiger partial charge in [0.15, 0.2) is 9.84 Å². The van der Waals surface area contributed by atoms with E-state index in [2.05, 4.69) is 4.90 Å². The fourth-order valence-corrected chi connectivity index (χ4v) is 8.33. The SMILES string of the molecule is COC(=O)c1ccc([C@@H]2C[C@@H](S(=O)(=O)CC3CC3)CCN2Cc2c(OC)cc(C)c3c2ccn3C(=O)OC(C)(C)C)cc1. The molecule has 1 aromatic heterocycles. The molecule has 1 saturated carbocycles. The number of carbonyl (C=O) groups is 2. The molecule has 3 aromatic rings. The van der Waals surface area contributed by atoms with Crippen LogP contribution in [0.1, 0.15) is 79.5 Å². The Morgan fingerprint density at radius 2 is 1.72 bits per heavy atom. The van der Waals surface area contributed by atoms with Crippen molar-refractivity contribution in [3.05, 3.63) is 64.8 Å². The van der Waals surface area contributed by atoms with Gasteiger partial charge in [0.25, 0.3) is 0 Å². The van der Waals surface area contributed by atoms with Crippen LogP contribution in [-0.2, 0) is 25.9 Å². The van der Waals surface area contributed by atoms with Crippen LogP contribution in [0, 0.1) is 12.8 Å². The van der Waals surface area contributed by atoms with Crippen molar-refractivity contribution in [1.29, 1.82) is 0 Å². The van der Waals surface area contributed by atoms with Gasteiger partial charge in [-0.25, -0.2) is 18.0 Å². The van der Waals surface area contributed by atoms with Crippen LogP contribution >= 0.6 is 0 Å². The van der Waals surface area contributed by atoms with E-state index in [0.717, 1.165) is 40.4 Å². The summed E-state index contributed by atoms with van der Waals surface area (Å²) in [6.45, 7) is 8.51. The summed E-state index contributed by atoms with van der Waals surface area (Å²) >= 11 is 0. The highest BCUT2D eigenvalue weighted by molar-refractivity contribution is 7.92. The summed E-state index contributed by atoms with van der Waals surface area (Å²) in [6.07, 6.45) is 4.26. The van der Waals surface area contributed by atoms with Gasteiger partial charge < -0.3 is 14.2 Å². The monoisotopic (exact) mass is 610 g/mol. The summed E-state index contributed by atoms with van der Waals surface area (Å²) in [6, 6.07) is 10.9. The number of ether oxygens (including phenoxy) is 3. The Morgan fingerprint density at radius 1 is 1.02 bits per heavy atom. The highest BCUT2D eigenvalue weighted by Gasteiger charge is 2.39. The van der Waals surface area contributed by atoms with E-state index in [1.165, 1.54) is 7.11 Å². The zero-order chi connectivity index (χ0) is 31.1. The number of aryl methyl sites for hydroxylation is 1. The Bertz CT molecular complexity index is 1620. The number of piperidine rings is 1. The Morgan fingerprint density at radius 3 is 2.33 bits per heavy atom. The molecule has 232 valence electrons. The largest absolute Gasteiger partial charge is 0.496 e. The molecule has 1 aliphatic heterocycles. The lowest BCUT2D eigenvalue weighted by atomic mass is 9.93. The fourth-order valence-electron chi connectivity index (χ4n) is 6.13. The van der Waals surface area contributed by atoms with Crippen molar-refractivity contribution in [2.24, 2.45) is 5.92 Å². The van der Waals surface area contributed by atoms with Crippen molar-refractivity contribution in [3.8, 4) is 5.75 Å². The normalized spacial score (nSPS) is 19.8. The second-order valence-corrected chi connectivity index (χ2v) is 15.1. The quantitative estimate of drug-likeness (QED) is 0.284. The van der Waals surface area contributed by atoms with Crippen molar-refractivity contribution in [1.82, 2.24) is 9.47 Å². The van der Waals surface area contributed by atoms with Crippen LogP contribution in [0.25, 0.3) is 10.9 Å². The van der Waals surface area contributed by atoms with Gasteiger partial charge in [-0.1, -0.05) is 12.1 Å². The summed E-state index contributed by atoms with van der Waals surface area (Å²) in [5.41, 5.74) is 3.29. The standard InChI is InChI=1S/C33H42N2O7S/c1-21-17-29(40-5)27(26-14-16-35(30(21)26)32(37)42-33(2,3)4)19-34-15-13-25(43(38,39)20-22-7-8-22)18-28(34)23-9-11-24(12-10-23)31(36)41-6/h9-12,14,16-17,22,25,28H,7-8,13,15,18-20H2,1-6H3/t25-,28-/m0/s1. The number of aromatic nitrogens is 1. The molecule has 2 aromatic carbocycles. The van der Waals surface area contributed by atoms with Crippen molar-refractivity contribution in [3.63, 3.8) is 0 Å². The van der Waals surface area contributed by atoms with Crippen LogP contribution in [0.2, 0.25) is 0 Å². The lowest BCUT2D eigenvalue weighted by Crippen LogP contribution is -2.42. The van der Waals surface area contributed by atoms with Crippen molar-refractivity contribution in [2.45, 2.75) is 76.8 Å². The third-order valence-corrected chi connectivity index (χ3v) is 10.8. The molecule has 2 fully saturated rings. The highest BCUT2D eigenvalue weighted by atomic mass is 32.2. The minimum atomic E-state index is -3.24. The predicted octanol–water partition coefficient (Wildman–Crippen LogP) is 6.06. The molecule has 1 aliphatic carbocycles. The maximum Gasteiger partial charge on any atom is 0.419 e. The zero-order valence-corrected chi connectivity index (χ0v) is 26.7. The molecule has 5 rings (SSSR count). The number of benzene rings is 2. The molecule has 0 amide bonds. The third-order valence-electron chi connectivity index (χ3n) is 8.46. The third kappa shape index (κ3) is 6.75. The topological polar surface area (TPSA) is 104 Å². The van der Waals surface area contributed by atoms with Crippen LogP contribution in [0.5, 0.6) is 5.75 Å². The number of fused-ring (bicyclic) bond motifs is 1. The molecule has 0 N–H and O–H groups in total. The van der Waals surface area contributed by atoms with E-state index in [9.17, 15) is 18.0 Å². The highest BCUT2D eigenvalue weighted by Crippen LogP contribution is 2.41. The van der Waals surface area contributed by atoms with Gasteiger partial charge in [-0.2, -0.15) is 0 Å². The van der Waals surface area contributed by atoms with Gasteiger partial charge in [0.05, 0.1) is 36.3 Å². The maximum atomic E-state index is 13.4. The molecule has 0 radical (unpaired) electrons. The van der Waals surface area contributed by atoms with Crippen LogP contribution in [0.3, 0.4) is 0 Å². The molecule has 0 spiro atoms. The first kappa shape index (κ1) is 31.1. The number of sulfone groups is 1. The number of nitrogens with zero attached hydrogens (tertiary/aromatic N) is 2. The summed E-state index contributed by atoms with van der Waals surface area (Å²) < 4.78 is 44.7. The van der Waals surface area contributed by atoms with E-state index in [1.807, 2.05) is 52.0 Å². The second-order valence-electron chi connectivity index (χ2n) is 12.8. The van der Waals surface area contributed by atoms with E-state index in [4.69, 9.17) is 14.2 Å². The van der Waals surface area contributed by atoms with E-state index < -0.39 is 32.8 Å². The smallest absolute Gasteiger partial charge is 0.419 e. The first-order valence-corrected chi connectivity index (χ1v) is 16.6. The van der Waals surface area contributed by atoms with Gasteiger partial charge >= 0.3 is 12.1 Å². The van der Waals surface area contributed by atoms with E-state index >= 15 is 0 Å². The molecule has 10 heteroatoms. The minimum Gasteiger partial charge on any atom is -0.496 e. The fraction of sp³-hybridized carbons (Fsp3) is 0.515. The Balaban J connectivity index is 1.52. The van der Waals surface area contributed by atoms with Crippen molar-refractivity contribution in [2.75, 3.05) is 26.5 Å². The van der Waals surface area contributed by atoms with Gasteiger partial charge in [-0.15, -0.1) is 0 Å². The molecule has 1 saturated heterocycles. The molecule has 9 nitrogen and oxygen atoms in total. The van der Waals surface area contributed by atoms with Crippen molar-refractivity contribution >= 4 is 32.8 Å². The number of methoxy groups -OCH3 is 2. The number of esters is 1. The molecule has 43 heavy (non-hydrogen) atoms. The van der Waals surface area contributed by atoms with Gasteiger partial charge in [0.1, 0.15) is 11.4 Å². The predicted molar refractivity (Wildman–Crippen MR) is 165 cm³/mol. The van der Waals surface area contributed by atoms with Gasteiger partial charge in [0.2, 0.25) is 0 Å². The summed E-state index contributed by atoms with van der Waals surface area (Å²) in [5.74, 6) is 0.837. The van der Waals surface area contributed by atoms with Gasteiger partial charge in [-0.05, 0) is 94.7 Å². The van der Waals surface area contributed by atoms with Crippen LogP contribution in [0.15, 0.2) is 42.6 Å². The summed E-state index contributed by atoms with van der Waals surface area (Å²) in [4.78, 5) is 27.5. The number of rotatable bonds is 8. The summed E-state index contributed by atoms with van der Waals surface area (Å²) in [7, 11) is -0.256. The van der Waals surface area contributed by atoms with E-state index in [-0.39, 0.29) is 11.8 Å². The number of hydrogen-bond acceptors (Lipinski definition) is 8. The maximum absolute atomic E-state index is 13.4. The molecule has 2 heterocycles. The lowest BCUT2D eigenvalue weighted by molar-refractivity contribution is 0.0542. The Hall–Kier alpha value is -3.37. The average molecular weight is 611 g/mol. The van der Waals surface area contributed by atoms with Crippen molar-refractivity contribution < 1.29 is 32.2 Å².